The number of phosphoric ester groups is 1. The van der Waals surface area contributed by atoms with Crippen LogP contribution in [0.5, 0.6) is 0 Å². The van der Waals surface area contributed by atoms with E-state index in [0.29, 0.717) is 6.42 Å². The van der Waals surface area contributed by atoms with Crippen molar-refractivity contribution >= 4 is 19.7 Å². The van der Waals surface area contributed by atoms with Gasteiger partial charge in [-0.3, -0.25) is 18.6 Å². The first kappa shape index (κ1) is 49.8. The quantitative estimate of drug-likeness (QED) is 0.0244. The van der Waals surface area contributed by atoms with Crippen molar-refractivity contribution < 1.29 is 37.9 Å². The number of nitrogens with one attached hydrogen (secondary N) is 1. The lowest BCUT2D eigenvalue weighted by atomic mass is 10.0. The molecule has 0 aliphatic rings. The summed E-state index contributed by atoms with van der Waals surface area (Å²) < 4.78 is 26.7. The van der Waals surface area contributed by atoms with Gasteiger partial charge in [-0.1, -0.05) is 167 Å². The van der Waals surface area contributed by atoms with Gasteiger partial charge in [0.1, 0.15) is 12.7 Å². The molecule has 0 aliphatic carbocycles. The molecule has 0 radical (unpaired) electrons. The van der Waals surface area contributed by atoms with E-state index in [0.717, 1.165) is 38.5 Å². The van der Waals surface area contributed by atoms with Crippen molar-refractivity contribution in [3.05, 3.63) is 12.2 Å². The number of hydrogen-bond acceptors (Lipinski definition) is 7. The zero-order valence-corrected chi connectivity index (χ0v) is 34.0. The van der Waals surface area contributed by atoms with E-state index in [1.54, 1.807) is 0 Å². The molecule has 0 saturated heterocycles. The second-order valence-corrected chi connectivity index (χ2v) is 15.8. The fourth-order valence-electron chi connectivity index (χ4n) is 5.96. The number of aliphatic hydroxyl groups excluding tert-OH is 1. The summed E-state index contributed by atoms with van der Waals surface area (Å²) in [6.45, 7) is 3.51. The molecule has 2 atom stereocenters. The zero-order valence-electron chi connectivity index (χ0n) is 33.1. The molecular weight excluding hydrogens is 665 g/mol. The van der Waals surface area contributed by atoms with Crippen LogP contribution in [0.4, 0.5) is 0 Å². The van der Waals surface area contributed by atoms with E-state index in [-0.39, 0.29) is 32.1 Å². The van der Waals surface area contributed by atoms with Crippen LogP contribution in [0, 0.1) is 0 Å². The van der Waals surface area contributed by atoms with Gasteiger partial charge in [-0.2, -0.15) is 0 Å². The fraction of sp³-hybridized carbons (Fsp3) is 0.902. The first-order valence-electron chi connectivity index (χ1n) is 21.2. The number of allylic oxidation sites excluding steroid dienone is 2. The molecule has 51 heavy (non-hydrogen) atoms. The third-order valence-corrected chi connectivity index (χ3v) is 10.2. The van der Waals surface area contributed by atoms with E-state index in [9.17, 15) is 24.2 Å². The molecule has 10 heteroatoms. The van der Waals surface area contributed by atoms with Crippen LogP contribution in [0.25, 0.3) is 0 Å². The van der Waals surface area contributed by atoms with E-state index >= 15 is 0 Å². The highest BCUT2D eigenvalue weighted by Gasteiger charge is 2.23. The van der Waals surface area contributed by atoms with Crippen LogP contribution < -0.4 is 5.32 Å². The van der Waals surface area contributed by atoms with Crippen LogP contribution in [0.2, 0.25) is 0 Å². The average Bonchev–Trinajstić information content (AvgIpc) is 3.11. The molecule has 0 rings (SSSR count). The molecule has 0 aliphatic heterocycles. The van der Waals surface area contributed by atoms with Crippen molar-refractivity contribution in [3.8, 4) is 0 Å². The molecule has 3 N–H and O–H groups in total. The van der Waals surface area contributed by atoms with Crippen molar-refractivity contribution in [2.75, 3.05) is 26.4 Å². The van der Waals surface area contributed by atoms with Gasteiger partial charge in [-0.05, 0) is 38.5 Å². The van der Waals surface area contributed by atoms with E-state index in [2.05, 4.69) is 31.3 Å². The van der Waals surface area contributed by atoms with Gasteiger partial charge in [-0.15, -0.1) is 0 Å². The highest BCUT2D eigenvalue weighted by atomic mass is 31.2. The number of rotatable bonds is 40. The Morgan fingerprint density at radius 2 is 1.00 bits per heavy atom. The normalized spacial score (nSPS) is 13.4. The molecular formula is C41H80NO8P. The molecule has 0 aromatic heterocycles. The summed E-state index contributed by atoms with van der Waals surface area (Å²) in [6, 6.07) is 0. The summed E-state index contributed by atoms with van der Waals surface area (Å²) in [6.07, 6.45) is 38.9. The monoisotopic (exact) mass is 746 g/mol. The molecule has 0 fully saturated rings. The van der Waals surface area contributed by atoms with E-state index in [1.165, 1.54) is 141 Å². The predicted molar refractivity (Wildman–Crippen MR) is 211 cm³/mol. The summed E-state index contributed by atoms with van der Waals surface area (Å²) >= 11 is 0. The topological polar surface area (TPSA) is 131 Å². The first-order chi connectivity index (χ1) is 24.8. The van der Waals surface area contributed by atoms with Crippen LogP contribution >= 0.6 is 7.82 Å². The van der Waals surface area contributed by atoms with Gasteiger partial charge in [-0.25, -0.2) is 4.57 Å². The maximum atomic E-state index is 12.1. The Labute approximate surface area is 313 Å². The minimum atomic E-state index is -4.40. The summed E-state index contributed by atoms with van der Waals surface area (Å²) in [5.41, 5.74) is 0. The van der Waals surface area contributed by atoms with Crippen LogP contribution in [0.15, 0.2) is 12.2 Å². The molecule has 0 bridgehead atoms. The maximum Gasteiger partial charge on any atom is 0.472 e. The van der Waals surface area contributed by atoms with Gasteiger partial charge in [0.05, 0.1) is 13.2 Å². The number of amides is 1. The molecule has 2 unspecified atom stereocenters. The number of carbonyl (C=O) groups is 2. The smallest absolute Gasteiger partial charge is 0.463 e. The molecule has 0 spiro atoms. The lowest BCUT2D eigenvalue weighted by molar-refractivity contribution is -0.147. The number of unbranched alkanes of at least 4 members (excludes halogenated alkanes) is 25. The number of hydrogen-bond donors (Lipinski definition) is 3. The van der Waals surface area contributed by atoms with Crippen molar-refractivity contribution in [1.82, 2.24) is 5.32 Å². The van der Waals surface area contributed by atoms with E-state index in [1.807, 2.05) is 0 Å². The number of esters is 1. The van der Waals surface area contributed by atoms with Crippen molar-refractivity contribution in [3.63, 3.8) is 0 Å². The van der Waals surface area contributed by atoms with Crippen LogP contribution in [0.3, 0.4) is 0 Å². The number of aliphatic hydroxyl groups is 1. The van der Waals surface area contributed by atoms with Gasteiger partial charge < -0.3 is 20.1 Å². The van der Waals surface area contributed by atoms with E-state index < -0.39 is 26.5 Å². The average molecular weight is 746 g/mol. The summed E-state index contributed by atoms with van der Waals surface area (Å²) in [4.78, 5) is 33.7. The van der Waals surface area contributed by atoms with Crippen LogP contribution in [-0.2, 0) is 27.9 Å². The standard InChI is InChI=1S/C41H80NO8P/c1-3-5-7-9-11-12-13-14-15-16-17-18-19-20-21-22-23-24-25-26-28-29-31-33-40(44)42-35-36-49-51(46,47)50-38-39(43)37-48-41(45)34-32-30-27-10-8-6-4-2/h14-15,39,43H,3-13,16-38H2,1-2H3,(H,42,44)(H,46,47)/b15-14+. The van der Waals surface area contributed by atoms with Crippen LogP contribution in [0.1, 0.15) is 206 Å². The molecule has 302 valence electrons. The third kappa shape index (κ3) is 39.8. The van der Waals surface area contributed by atoms with Gasteiger partial charge >= 0.3 is 13.8 Å². The first-order valence-corrected chi connectivity index (χ1v) is 22.7. The highest BCUT2D eigenvalue weighted by Crippen LogP contribution is 2.42. The Morgan fingerprint density at radius 1 is 0.588 bits per heavy atom. The summed E-state index contributed by atoms with van der Waals surface area (Å²) in [7, 11) is -4.40. The van der Waals surface area contributed by atoms with Crippen molar-refractivity contribution in [2.24, 2.45) is 0 Å². The Morgan fingerprint density at radius 3 is 1.47 bits per heavy atom. The van der Waals surface area contributed by atoms with Crippen LogP contribution in [-0.4, -0.2) is 54.3 Å². The van der Waals surface area contributed by atoms with E-state index in [4.69, 9.17) is 13.8 Å². The zero-order chi connectivity index (χ0) is 37.5. The number of phosphoric acid groups is 1. The van der Waals surface area contributed by atoms with Crippen molar-refractivity contribution in [2.45, 2.75) is 213 Å². The lowest BCUT2D eigenvalue weighted by Crippen LogP contribution is -2.27. The van der Waals surface area contributed by atoms with Gasteiger partial charge in [0.25, 0.3) is 0 Å². The molecule has 1 amide bonds. The summed E-state index contributed by atoms with van der Waals surface area (Å²) in [5.74, 6) is -0.516. The Balaban J connectivity index is 3.50. The third-order valence-electron chi connectivity index (χ3n) is 9.20. The van der Waals surface area contributed by atoms with Crippen molar-refractivity contribution in [1.29, 1.82) is 0 Å². The van der Waals surface area contributed by atoms with Gasteiger partial charge in [0.2, 0.25) is 5.91 Å². The summed E-state index contributed by atoms with van der Waals surface area (Å²) in [5, 5.41) is 12.6. The Bertz CT molecular complexity index is 856. The number of ether oxygens (including phenoxy) is 1. The number of carbonyl (C=O) groups excluding carboxylic acids is 2. The molecule has 0 aromatic rings. The SMILES string of the molecule is CCCCCCCC/C=C/CCCCCCCCCCCCCCCC(=O)NCCOP(=O)(O)OCC(O)COC(=O)CCCCCCCCC. The minimum Gasteiger partial charge on any atom is -0.463 e. The molecule has 0 heterocycles. The largest absolute Gasteiger partial charge is 0.472 e. The second-order valence-electron chi connectivity index (χ2n) is 14.3. The fourth-order valence-corrected chi connectivity index (χ4v) is 6.72. The molecule has 0 aromatic carbocycles. The Hall–Kier alpha value is -1.25. The lowest BCUT2D eigenvalue weighted by Gasteiger charge is -2.15. The maximum absolute atomic E-state index is 12.1. The Kier molecular flexibility index (Phi) is 37.5. The molecule has 9 nitrogen and oxygen atoms in total. The molecule has 0 saturated carbocycles. The van der Waals surface area contributed by atoms with Gasteiger partial charge in [0, 0.05) is 19.4 Å². The highest BCUT2D eigenvalue weighted by molar-refractivity contribution is 7.47. The van der Waals surface area contributed by atoms with Gasteiger partial charge in [0.15, 0.2) is 0 Å². The minimum absolute atomic E-state index is 0.0855. The second kappa shape index (κ2) is 38.5. The predicted octanol–water partition coefficient (Wildman–Crippen LogP) is 11.4.